The number of amides is 1. The number of carboxylic acids is 2. The van der Waals surface area contributed by atoms with Crippen LogP contribution in [0.5, 0.6) is 0 Å². The molecule has 0 saturated carbocycles. The van der Waals surface area contributed by atoms with Gasteiger partial charge in [0.2, 0.25) is 5.91 Å². The van der Waals surface area contributed by atoms with Crippen molar-refractivity contribution in [1.29, 1.82) is 0 Å². The molecular weight excluding hydrogens is 350 g/mol. The number of carbonyl (C=O) groups excluding carboxylic acids is 1. The van der Waals surface area contributed by atoms with Crippen molar-refractivity contribution in [2.24, 2.45) is 0 Å². The molecule has 27 heavy (non-hydrogen) atoms. The number of hydrogen-bond acceptors (Lipinski definition) is 5. The Morgan fingerprint density at radius 3 is 2.07 bits per heavy atom. The van der Waals surface area contributed by atoms with Gasteiger partial charge in [0.25, 0.3) is 0 Å². The molecule has 1 aromatic rings. The largest absolute Gasteiger partial charge is 0.473 e. The standard InChI is InChI=1S/C17H27N3O.C2H2O4/c1-4-19-9-11-20(12-10-19)8-7-17(21)18-16-13-14(2)5-6-15(16)3;3-1(4)2(5)6/h5-6,13H,4,7-12H2,1-3H3,(H,18,21);(H,3,4)(H,5,6). The van der Waals surface area contributed by atoms with E-state index in [9.17, 15) is 4.79 Å². The Hall–Kier alpha value is -2.45. The summed E-state index contributed by atoms with van der Waals surface area (Å²) < 4.78 is 0. The SMILES string of the molecule is CCN1CCN(CCC(=O)Nc2cc(C)ccc2C)CC1.O=C(O)C(=O)O. The van der Waals surface area contributed by atoms with Crippen molar-refractivity contribution in [3.05, 3.63) is 29.3 Å². The highest BCUT2D eigenvalue weighted by atomic mass is 16.4. The fourth-order valence-electron chi connectivity index (χ4n) is 2.67. The van der Waals surface area contributed by atoms with Gasteiger partial charge < -0.3 is 25.3 Å². The Morgan fingerprint density at radius 1 is 1.00 bits per heavy atom. The molecular formula is C19H29N3O5. The van der Waals surface area contributed by atoms with Gasteiger partial charge in [-0.1, -0.05) is 19.1 Å². The summed E-state index contributed by atoms with van der Waals surface area (Å²) in [5.74, 6) is -3.54. The minimum atomic E-state index is -1.82. The zero-order valence-corrected chi connectivity index (χ0v) is 16.2. The molecule has 1 saturated heterocycles. The molecule has 0 unspecified atom stereocenters. The van der Waals surface area contributed by atoms with Gasteiger partial charge in [0.15, 0.2) is 0 Å². The van der Waals surface area contributed by atoms with E-state index >= 15 is 0 Å². The van der Waals surface area contributed by atoms with Crippen LogP contribution in [0.4, 0.5) is 5.69 Å². The van der Waals surface area contributed by atoms with Crippen LogP contribution in [0.2, 0.25) is 0 Å². The highest BCUT2D eigenvalue weighted by Gasteiger charge is 2.16. The van der Waals surface area contributed by atoms with E-state index in [4.69, 9.17) is 19.8 Å². The molecule has 150 valence electrons. The molecule has 1 aliphatic rings. The van der Waals surface area contributed by atoms with Crippen LogP contribution in [0.3, 0.4) is 0 Å². The first-order valence-corrected chi connectivity index (χ1v) is 9.01. The smallest absolute Gasteiger partial charge is 0.414 e. The third kappa shape index (κ3) is 8.65. The Labute approximate surface area is 159 Å². The number of anilines is 1. The van der Waals surface area contributed by atoms with Crippen molar-refractivity contribution in [3.63, 3.8) is 0 Å². The van der Waals surface area contributed by atoms with E-state index in [1.165, 1.54) is 5.56 Å². The zero-order valence-electron chi connectivity index (χ0n) is 16.2. The van der Waals surface area contributed by atoms with E-state index < -0.39 is 11.9 Å². The molecule has 0 aromatic heterocycles. The van der Waals surface area contributed by atoms with Crippen molar-refractivity contribution >= 4 is 23.5 Å². The number of aryl methyl sites for hydroxylation is 2. The van der Waals surface area contributed by atoms with Crippen LogP contribution in [0.15, 0.2) is 18.2 Å². The molecule has 1 heterocycles. The van der Waals surface area contributed by atoms with Crippen molar-refractivity contribution in [3.8, 4) is 0 Å². The van der Waals surface area contributed by atoms with Gasteiger partial charge in [-0.25, -0.2) is 9.59 Å². The molecule has 1 aliphatic heterocycles. The van der Waals surface area contributed by atoms with Crippen LogP contribution in [0.1, 0.15) is 24.5 Å². The molecule has 8 heteroatoms. The van der Waals surface area contributed by atoms with Crippen LogP contribution in [-0.4, -0.2) is 77.1 Å². The third-order valence-corrected chi connectivity index (χ3v) is 4.42. The summed E-state index contributed by atoms with van der Waals surface area (Å²) >= 11 is 0. The van der Waals surface area contributed by atoms with E-state index in [-0.39, 0.29) is 5.91 Å². The molecule has 0 atom stereocenters. The maximum absolute atomic E-state index is 12.1. The quantitative estimate of drug-likeness (QED) is 0.664. The summed E-state index contributed by atoms with van der Waals surface area (Å²) in [7, 11) is 0. The van der Waals surface area contributed by atoms with Crippen molar-refractivity contribution in [2.75, 3.05) is 44.6 Å². The second kappa shape index (κ2) is 11.3. The number of carboxylic acid groups (broad SMARTS) is 2. The Kier molecular flexibility index (Phi) is 9.46. The first-order valence-electron chi connectivity index (χ1n) is 9.01. The minimum absolute atomic E-state index is 0.113. The lowest BCUT2D eigenvalue weighted by atomic mass is 10.1. The summed E-state index contributed by atoms with van der Waals surface area (Å²) in [6.07, 6.45) is 0.569. The van der Waals surface area contributed by atoms with Crippen LogP contribution in [-0.2, 0) is 14.4 Å². The van der Waals surface area contributed by atoms with Gasteiger partial charge in [0.05, 0.1) is 0 Å². The number of aliphatic carboxylic acids is 2. The first kappa shape index (κ1) is 22.6. The van der Waals surface area contributed by atoms with Crippen molar-refractivity contribution in [2.45, 2.75) is 27.2 Å². The molecule has 8 nitrogen and oxygen atoms in total. The molecule has 1 aromatic carbocycles. The highest BCUT2D eigenvalue weighted by Crippen LogP contribution is 2.16. The average molecular weight is 379 g/mol. The number of carbonyl (C=O) groups is 3. The second-order valence-corrected chi connectivity index (χ2v) is 6.50. The van der Waals surface area contributed by atoms with Crippen LogP contribution >= 0.6 is 0 Å². The zero-order chi connectivity index (χ0) is 20.4. The van der Waals surface area contributed by atoms with Crippen molar-refractivity contribution < 1.29 is 24.6 Å². The molecule has 1 amide bonds. The Morgan fingerprint density at radius 2 is 1.56 bits per heavy atom. The van der Waals surface area contributed by atoms with Gasteiger partial charge in [-0.15, -0.1) is 0 Å². The number of nitrogens with zero attached hydrogens (tertiary/aromatic N) is 2. The number of piperazine rings is 1. The summed E-state index contributed by atoms with van der Waals surface area (Å²) in [4.78, 5) is 35.1. The van der Waals surface area contributed by atoms with E-state index in [1.807, 2.05) is 19.9 Å². The second-order valence-electron chi connectivity index (χ2n) is 6.50. The van der Waals surface area contributed by atoms with Gasteiger partial charge in [-0.05, 0) is 37.6 Å². The predicted octanol–water partition coefficient (Wildman–Crippen LogP) is 1.43. The van der Waals surface area contributed by atoms with E-state index in [1.54, 1.807) is 0 Å². The fourth-order valence-corrected chi connectivity index (χ4v) is 2.67. The summed E-state index contributed by atoms with van der Waals surface area (Å²) in [6.45, 7) is 12.6. The maximum Gasteiger partial charge on any atom is 0.414 e. The van der Waals surface area contributed by atoms with Gasteiger partial charge in [-0.3, -0.25) is 4.79 Å². The number of nitrogens with one attached hydrogen (secondary N) is 1. The number of hydrogen-bond donors (Lipinski definition) is 3. The van der Waals surface area contributed by atoms with E-state index in [0.29, 0.717) is 6.42 Å². The number of likely N-dealkylation sites (N-methyl/N-ethyl adjacent to an activating group) is 1. The average Bonchev–Trinajstić information content (AvgIpc) is 2.64. The molecule has 0 spiro atoms. The normalized spacial score (nSPS) is 14.8. The number of rotatable bonds is 5. The van der Waals surface area contributed by atoms with Gasteiger partial charge >= 0.3 is 11.9 Å². The van der Waals surface area contributed by atoms with E-state index in [2.05, 4.69) is 34.2 Å². The molecule has 2 rings (SSSR count). The molecule has 3 N–H and O–H groups in total. The Balaban J connectivity index is 0.000000527. The van der Waals surface area contributed by atoms with Crippen LogP contribution in [0.25, 0.3) is 0 Å². The summed E-state index contributed by atoms with van der Waals surface area (Å²) in [5, 5.41) is 17.8. The lowest BCUT2D eigenvalue weighted by molar-refractivity contribution is -0.159. The highest BCUT2D eigenvalue weighted by molar-refractivity contribution is 6.27. The van der Waals surface area contributed by atoms with Crippen molar-refractivity contribution in [1.82, 2.24) is 9.80 Å². The fraction of sp³-hybridized carbons (Fsp3) is 0.526. The van der Waals surface area contributed by atoms with Gasteiger partial charge in [0, 0.05) is 44.8 Å². The van der Waals surface area contributed by atoms with Crippen LogP contribution in [0, 0.1) is 13.8 Å². The monoisotopic (exact) mass is 379 g/mol. The number of benzene rings is 1. The maximum atomic E-state index is 12.1. The van der Waals surface area contributed by atoms with E-state index in [0.717, 1.165) is 50.5 Å². The van der Waals surface area contributed by atoms with Crippen LogP contribution < -0.4 is 5.32 Å². The minimum Gasteiger partial charge on any atom is -0.473 e. The Bertz CT molecular complexity index is 643. The first-order chi connectivity index (χ1) is 12.7. The molecule has 0 aliphatic carbocycles. The lowest BCUT2D eigenvalue weighted by Crippen LogP contribution is -2.46. The third-order valence-electron chi connectivity index (χ3n) is 4.42. The molecule has 0 bridgehead atoms. The summed E-state index contributed by atoms with van der Waals surface area (Å²) in [6, 6.07) is 6.15. The lowest BCUT2D eigenvalue weighted by Gasteiger charge is -2.33. The topological polar surface area (TPSA) is 110 Å². The molecule has 0 radical (unpaired) electrons. The predicted molar refractivity (Wildman–Crippen MR) is 103 cm³/mol. The van der Waals surface area contributed by atoms with Gasteiger partial charge in [-0.2, -0.15) is 0 Å². The summed E-state index contributed by atoms with van der Waals surface area (Å²) in [5.41, 5.74) is 3.23. The molecule has 1 fully saturated rings. The van der Waals surface area contributed by atoms with Gasteiger partial charge in [0.1, 0.15) is 0 Å².